The highest BCUT2D eigenvalue weighted by Crippen LogP contribution is 2.27. The molecular formula is C15H19N3O3. The number of methoxy groups -OCH3 is 1. The molecule has 0 aliphatic carbocycles. The molecule has 0 radical (unpaired) electrons. The molecule has 21 heavy (non-hydrogen) atoms. The van der Waals surface area contributed by atoms with Crippen LogP contribution in [0.25, 0.3) is 11.0 Å². The Morgan fingerprint density at radius 1 is 1.33 bits per heavy atom. The number of nitrogens with one attached hydrogen (secondary N) is 2. The van der Waals surface area contributed by atoms with Gasteiger partial charge in [0.25, 0.3) is 0 Å². The fourth-order valence-corrected chi connectivity index (χ4v) is 2.22. The first-order chi connectivity index (χ1) is 9.91. The van der Waals surface area contributed by atoms with Gasteiger partial charge >= 0.3 is 5.97 Å². The van der Waals surface area contributed by atoms with E-state index in [2.05, 4.69) is 20.0 Å². The van der Waals surface area contributed by atoms with E-state index in [0.717, 1.165) is 11.0 Å². The summed E-state index contributed by atoms with van der Waals surface area (Å²) in [6.45, 7) is 3.72. The van der Waals surface area contributed by atoms with Gasteiger partial charge in [0, 0.05) is 6.42 Å². The van der Waals surface area contributed by atoms with Crippen molar-refractivity contribution in [1.29, 1.82) is 0 Å². The molecule has 6 heteroatoms. The molecule has 0 saturated heterocycles. The number of ether oxygens (including phenoxy) is 1. The summed E-state index contributed by atoms with van der Waals surface area (Å²) in [5, 5.41) is 2.84. The lowest BCUT2D eigenvalue weighted by atomic mass is 9.85. The maximum atomic E-state index is 12.2. The number of aromatic nitrogens is 2. The lowest BCUT2D eigenvalue weighted by molar-refractivity contribution is -0.143. The Labute approximate surface area is 122 Å². The minimum absolute atomic E-state index is 0.153. The van der Waals surface area contributed by atoms with Crippen LogP contribution < -0.4 is 5.32 Å². The number of rotatable bonds is 5. The molecule has 0 atom stereocenters. The minimum atomic E-state index is -0.462. The number of benzene rings is 1. The standard InChI is InChI=1S/C15H19N3O3/c1-15(2,8-13(20)21-3)7-12(19)18-11-6-4-5-10-14(11)17-9-16-10/h4-6,9H,7-8H2,1-3H3,(H,16,17)(H,18,19). The summed E-state index contributed by atoms with van der Waals surface area (Å²) in [4.78, 5) is 30.7. The van der Waals surface area contributed by atoms with Crippen molar-refractivity contribution in [1.82, 2.24) is 9.97 Å². The van der Waals surface area contributed by atoms with Gasteiger partial charge in [0.15, 0.2) is 0 Å². The first-order valence-corrected chi connectivity index (χ1v) is 6.70. The molecule has 1 amide bonds. The molecule has 0 aliphatic rings. The van der Waals surface area contributed by atoms with Gasteiger partial charge in [0.2, 0.25) is 5.91 Å². The minimum Gasteiger partial charge on any atom is -0.469 e. The number of amides is 1. The van der Waals surface area contributed by atoms with Crippen LogP contribution in [0.5, 0.6) is 0 Å². The Balaban J connectivity index is 2.05. The van der Waals surface area contributed by atoms with E-state index in [1.165, 1.54) is 7.11 Å². The molecule has 1 heterocycles. The van der Waals surface area contributed by atoms with Crippen LogP contribution in [-0.4, -0.2) is 29.0 Å². The van der Waals surface area contributed by atoms with E-state index >= 15 is 0 Å². The van der Waals surface area contributed by atoms with Crippen molar-refractivity contribution in [2.24, 2.45) is 5.41 Å². The van der Waals surface area contributed by atoms with E-state index in [1.54, 1.807) is 12.4 Å². The molecule has 112 valence electrons. The number of carbonyl (C=O) groups is 2. The molecule has 0 saturated carbocycles. The summed E-state index contributed by atoms with van der Waals surface area (Å²) < 4.78 is 4.65. The summed E-state index contributed by atoms with van der Waals surface area (Å²) in [6.07, 6.45) is 2.01. The zero-order chi connectivity index (χ0) is 15.5. The lowest BCUT2D eigenvalue weighted by Gasteiger charge is -2.22. The fraction of sp³-hybridized carbons (Fsp3) is 0.400. The Morgan fingerprint density at radius 2 is 2.10 bits per heavy atom. The molecule has 0 bridgehead atoms. The second-order valence-electron chi connectivity index (χ2n) is 5.75. The smallest absolute Gasteiger partial charge is 0.306 e. The summed E-state index contributed by atoms with van der Waals surface area (Å²) in [5.74, 6) is -0.471. The summed E-state index contributed by atoms with van der Waals surface area (Å²) in [7, 11) is 1.34. The van der Waals surface area contributed by atoms with Crippen molar-refractivity contribution in [3.63, 3.8) is 0 Å². The predicted molar refractivity (Wildman–Crippen MR) is 79.8 cm³/mol. The number of aromatic amines is 1. The molecule has 0 fully saturated rings. The van der Waals surface area contributed by atoms with E-state index in [9.17, 15) is 9.59 Å². The number of H-pyrrole nitrogens is 1. The number of para-hydroxylation sites is 1. The van der Waals surface area contributed by atoms with Crippen molar-refractivity contribution in [3.8, 4) is 0 Å². The molecule has 0 unspecified atom stereocenters. The first-order valence-electron chi connectivity index (χ1n) is 6.70. The highest BCUT2D eigenvalue weighted by Gasteiger charge is 2.26. The van der Waals surface area contributed by atoms with Crippen LogP contribution in [0.2, 0.25) is 0 Å². The molecule has 0 spiro atoms. The van der Waals surface area contributed by atoms with E-state index in [-0.39, 0.29) is 24.7 Å². The number of hydrogen-bond donors (Lipinski definition) is 2. The van der Waals surface area contributed by atoms with Crippen molar-refractivity contribution in [2.75, 3.05) is 12.4 Å². The Morgan fingerprint density at radius 3 is 2.81 bits per heavy atom. The van der Waals surface area contributed by atoms with Crippen LogP contribution in [0.3, 0.4) is 0 Å². The summed E-state index contributed by atoms with van der Waals surface area (Å²) in [6, 6.07) is 5.53. The molecule has 1 aromatic heterocycles. The summed E-state index contributed by atoms with van der Waals surface area (Å²) >= 11 is 0. The third kappa shape index (κ3) is 3.81. The lowest BCUT2D eigenvalue weighted by Crippen LogP contribution is -2.25. The maximum Gasteiger partial charge on any atom is 0.306 e. The second kappa shape index (κ2) is 5.95. The predicted octanol–water partition coefficient (Wildman–Crippen LogP) is 2.48. The van der Waals surface area contributed by atoms with Crippen LogP contribution in [-0.2, 0) is 14.3 Å². The van der Waals surface area contributed by atoms with Gasteiger partial charge in [-0.3, -0.25) is 9.59 Å². The number of fused-ring (bicyclic) bond motifs is 1. The quantitative estimate of drug-likeness (QED) is 0.828. The Hall–Kier alpha value is -2.37. The van der Waals surface area contributed by atoms with Crippen LogP contribution in [0.1, 0.15) is 26.7 Å². The molecule has 2 N–H and O–H groups in total. The van der Waals surface area contributed by atoms with Crippen LogP contribution in [0, 0.1) is 5.41 Å². The van der Waals surface area contributed by atoms with Crippen molar-refractivity contribution in [2.45, 2.75) is 26.7 Å². The third-order valence-electron chi connectivity index (χ3n) is 3.21. The molecule has 0 aliphatic heterocycles. The third-order valence-corrected chi connectivity index (χ3v) is 3.21. The van der Waals surface area contributed by atoms with Crippen molar-refractivity contribution < 1.29 is 14.3 Å². The van der Waals surface area contributed by atoms with Crippen LogP contribution in [0.4, 0.5) is 5.69 Å². The number of nitrogens with zero attached hydrogens (tertiary/aromatic N) is 1. The van der Waals surface area contributed by atoms with Gasteiger partial charge in [0.05, 0.1) is 31.1 Å². The van der Waals surface area contributed by atoms with Gasteiger partial charge in [-0.15, -0.1) is 0 Å². The number of esters is 1. The van der Waals surface area contributed by atoms with E-state index in [1.807, 2.05) is 26.0 Å². The monoisotopic (exact) mass is 289 g/mol. The molecule has 6 nitrogen and oxygen atoms in total. The van der Waals surface area contributed by atoms with Gasteiger partial charge in [-0.05, 0) is 17.5 Å². The van der Waals surface area contributed by atoms with Crippen LogP contribution >= 0.6 is 0 Å². The molecular weight excluding hydrogens is 270 g/mol. The van der Waals surface area contributed by atoms with Gasteiger partial charge < -0.3 is 15.0 Å². The van der Waals surface area contributed by atoms with Gasteiger partial charge in [0.1, 0.15) is 5.52 Å². The van der Waals surface area contributed by atoms with Crippen molar-refractivity contribution >= 4 is 28.6 Å². The van der Waals surface area contributed by atoms with Gasteiger partial charge in [-0.1, -0.05) is 19.9 Å². The van der Waals surface area contributed by atoms with Crippen molar-refractivity contribution in [3.05, 3.63) is 24.5 Å². The number of anilines is 1. The van der Waals surface area contributed by atoms with E-state index in [0.29, 0.717) is 5.69 Å². The molecule has 2 aromatic rings. The zero-order valence-electron chi connectivity index (χ0n) is 12.4. The average Bonchev–Trinajstić information content (AvgIpc) is 2.86. The summed E-state index contributed by atoms with van der Waals surface area (Å²) in [5.41, 5.74) is 1.78. The maximum absolute atomic E-state index is 12.2. The van der Waals surface area contributed by atoms with Gasteiger partial charge in [-0.25, -0.2) is 4.98 Å². The first kappa shape index (κ1) is 15.0. The molecule has 2 rings (SSSR count). The Bertz CT molecular complexity index is 661. The largest absolute Gasteiger partial charge is 0.469 e. The highest BCUT2D eigenvalue weighted by atomic mass is 16.5. The van der Waals surface area contributed by atoms with E-state index in [4.69, 9.17) is 0 Å². The number of carbonyl (C=O) groups excluding carboxylic acids is 2. The Kier molecular flexibility index (Phi) is 4.26. The second-order valence-corrected chi connectivity index (χ2v) is 5.75. The van der Waals surface area contributed by atoms with E-state index < -0.39 is 5.41 Å². The topological polar surface area (TPSA) is 84.1 Å². The normalized spacial score (nSPS) is 11.4. The highest BCUT2D eigenvalue weighted by molar-refractivity contribution is 5.99. The SMILES string of the molecule is COC(=O)CC(C)(C)CC(=O)Nc1cccc2[nH]cnc12. The number of hydrogen-bond acceptors (Lipinski definition) is 4. The fourth-order valence-electron chi connectivity index (χ4n) is 2.22. The van der Waals surface area contributed by atoms with Gasteiger partial charge in [-0.2, -0.15) is 0 Å². The number of imidazole rings is 1. The zero-order valence-corrected chi connectivity index (χ0v) is 12.4. The van der Waals surface area contributed by atoms with Crippen LogP contribution in [0.15, 0.2) is 24.5 Å². The average molecular weight is 289 g/mol. The molecule has 1 aromatic carbocycles.